The van der Waals surface area contributed by atoms with Crippen LogP contribution in [0.2, 0.25) is 5.02 Å². The lowest BCUT2D eigenvalue weighted by Gasteiger charge is -2.29. The zero-order valence-corrected chi connectivity index (χ0v) is 14.4. The number of benzene rings is 1. The van der Waals surface area contributed by atoms with Gasteiger partial charge in [0, 0.05) is 34.7 Å². The van der Waals surface area contributed by atoms with Crippen molar-refractivity contribution < 1.29 is 9.53 Å². The Labute approximate surface area is 138 Å². The van der Waals surface area contributed by atoms with Gasteiger partial charge in [0.25, 0.3) is 0 Å². The molecule has 1 aromatic rings. The van der Waals surface area contributed by atoms with E-state index < -0.39 is 6.04 Å². The van der Waals surface area contributed by atoms with Gasteiger partial charge in [-0.3, -0.25) is 4.90 Å². The first kappa shape index (κ1) is 16.7. The Hall–Kier alpha value is -0.620. The summed E-state index contributed by atoms with van der Waals surface area (Å²) in [4.78, 5) is 14.6. The second-order valence-corrected chi connectivity index (χ2v) is 6.28. The molecule has 116 valence electrons. The molecule has 0 spiro atoms. The summed E-state index contributed by atoms with van der Waals surface area (Å²) < 4.78 is 6.18. The second-order valence-electron chi connectivity index (χ2n) is 4.96. The van der Waals surface area contributed by atoms with E-state index >= 15 is 0 Å². The molecule has 1 N–H and O–H groups in total. The predicted octanol–water partition coefficient (Wildman–Crippen LogP) is 3.00. The summed E-state index contributed by atoms with van der Waals surface area (Å²) in [5.41, 5.74) is 0.798. The lowest BCUT2D eigenvalue weighted by atomic mass is 10.0. The lowest BCUT2D eigenvalue weighted by Crippen LogP contribution is -2.37. The summed E-state index contributed by atoms with van der Waals surface area (Å²) in [6.45, 7) is 5.67. The first-order chi connectivity index (χ1) is 10.1. The number of nitrogens with one attached hydrogen (secondary N) is 1. The molecule has 1 aromatic carbocycles. The van der Waals surface area contributed by atoms with E-state index in [1.54, 1.807) is 0 Å². The van der Waals surface area contributed by atoms with Crippen molar-refractivity contribution in [3.63, 3.8) is 0 Å². The number of carbonyl (C=O) groups is 1. The number of rotatable bonds is 4. The summed E-state index contributed by atoms with van der Waals surface area (Å²) in [6.07, 6.45) is 1.00. The molecule has 0 radical (unpaired) electrons. The molecule has 1 aliphatic heterocycles. The Kier molecular flexibility index (Phi) is 6.48. The lowest BCUT2D eigenvalue weighted by molar-refractivity contribution is -0.149. The standard InChI is InChI=1S/C15H20BrClN2O2/c1-2-21-15(20)14(19-8-3-6-18-7-9-19)12-10-11(16)4-5-13(12)17/h4-5,10,14,18H,2-3,6-9H2,1H3. The molecule has 1 unspecified atom stereocenters. The summed E-state index contributed by atoms with van der Waals surface area (Å²) in [6, 6.07) is 5.14. The third-order valence-corrected chi connectivity index (χ3v) is 4.34. The number of carbonyl (C=O) groups excluding carboxylic acids is 1. The molecule has 1 saturated heterocycles. The van der Waals surface area contributed by atoms with E-state index in [1.165, 1.54) is 0 Å². The maximum Gasteiger partial charge on any atom is 0.328 e. The average molecular weight is 376 g/mol. The molecule has 4 nitrogen and oxygen atoms in total. The first-order valence-corrected chi connectivity index (χ1v) is 8.37. The van der Waals surface area contributed by atoms with Crippen LogP contribution in [0.3, 0.4) is 0 Å². The van der Waals surface area contributed by atoms with Crippen molar-refractivity contribution in [1.29, 1.82) is 0 Å². The number of ether oxygens (including phenoxy) is 1. The van der Waals surface area contributed by atoms with E-state index in [4.69, 9.17) is 16.3 Å². The molecule has 2 rings (SSSR count). The zero-order valence-electron chi connectivity index (χ0n) is 12.1. The van der Waals surface area contributed by atoms with Gasteiger partial charge in [-0.15, -0.1) is 0 Å². The fraction of sp³-hybridized carbons (Fsp3) is 0.533. The molecule has 1 fully saturated rings. The van der Waals surface area contributed by atoms with Crippen molar-refractivity contribution in [2.75, 3.05) is 32.8 Å². The van der Waals surface area contributed by atoms with Crippen LogP contribution >= 0.6 is 27.5 Å². The van der Waals surface area contributed by atoms with Gasteiger partial charge in [0.15, 0.2) is 0 Å². The van der Waals surface area contributed by atoms with Crippen molar-refractivity contribution in [2.45, 2.75) is 19.4 Å². The third-order valence-electron chi connectivity index (χ3n) is 3.50. The van der Waals surface area contributed by atoms with Crippen LogP contribution in [0, 0.1) is 0 Å². The first-order valence-electron chi connectivity index (χ1n) is 7.20. The van der Waals surface area contributed by atoms with Crippen LogP contribution in [0.1, 0.15) is 24.9 Å². The van der Waals surface area contributed by atoms with Crippen LogP contribution in [0.4, 0.5) is 0 Å². The van der Waals surface area contributed by atoms with Gasteiger partial charge in [-0.05, 0) is 38.1 Å². The van der Waals surface area contributed by atoms with Crippen LogP contribution in [0.25, 0.3) is 0 Å². The maximum atomic E-state index is 12.5. The van der Waals surface area contributed by atoms with Crippen molar-refractivity contribution in [3.8, 4) is 0 Å². The summed E-state index contributed by atoms with van der Waals surface area (Å²) in [7, 11) is 0. The minimum absolute atomic E-state index is 0.237. The van der Waals surface area contributed by atoms with E-state index in [0.717, 1.165) is 42.6 Å². The van der Waals surface area contributed by atoms with E-state index in [9.17, 15) is 4.79 Å². The van der Waals surface area contributed by atoms with Gasteiger partial charge < -0.3 is 10.1 Å². The number of halogens is 2. The summed E-state index contributed by atoms with van der Waals surface area (Å²) in [5, 5.41) is 3.94. The molecule has 0 bridgehead atoms. The van der Waals surface area contributed by atoms with Gasteiger partial charge in [-0.1, -0.05) is 27.5 Å². The van der Waals surface area contributed by atoms with Gasteiger partial charge in [0.1, 0.15) is 6.04 Å². The number of hydrogen-bond donors (Lipinski definition) is 1. The normalized spacial score (nSPS) is 18.0. The Morgan fingerprint density at radius 2 is 2.29 bits per heavy atom. The minimum atomic E-state index is -0.449. The SMILES string of the molecule is CCOC(=O)C(c1cc(Br)ccc1Cl)N1CCCNCC1. The topological polar surface area (TPSA) is 41.6 Å². The highest BCUT2D eigenvalue weighted by Crippen LogP contribution is 2.31. The van der Waals surface area contributed by atoms with Crippen LogP contribution in [-0.2, 0) is 9.53 Å². The second kappa shape index (κ2) is 8.13. The van der Waals surface area contributed by atoms with Gasteiger partial charge >= 0.3 is 5.97 Å². The highest BCUT2D eigenvalue weighted by Gasteiger charge is 2.31. The molecule has 1 atom stereocenters. The largest absolute Gasteiger partial charge is 0.465 e. The molecule has 1 heterocycles. The number of nitrogens with zero attached hydrogens (tertiary/aromatic N) is 1. The highest BCUT2D eigenvalue weighted by molar-refractivity contribution is 9.10. The molecular formula is C15H20BrClN2O2. The van der Waals surface area contributed by atoms with E-state index in [2.05, 4.69) is 26.1 Å². The van der Waals surface area contributed by atoms with Crippen molar-refractivity contribution >= 4 is 33.5 Å². The Morgan fingerprint density at radius 1 is 1.48 bits per heavy atom. The third kappa shape index (κ3) is 4.42. The van der Waals surface area contributed by atoms with Gasteiger partial charge in [0.2, 0.25) is 0 Å². The Bertz CT molecular complexity index is 491. The molecule has 0 saturated carbocycles. The van der Waals surface area contributed by atoms with E-state index in [-0.39, 0.29) is 5.97 Å². The average Bonchev–Trinajstić information content (AvgIpc) is 2.72. The fourth-order valence-electron chi connectivity index (χ4n) is 2.54. The van der Waals surface area contributed by atoms with Crippen LogP contribution < -0.4 is 5.32 Å². The number of hydrogen-bond acceptors (Lipinski definition) is 4. The molecule has 6 heteroatoms. The predicted molar refractivity (Wildman–Crippen MR) is 87.6 cm³/mol. The summed E-state index contributed by atoms with van der Waals surface area (Å²) in [5.74, 6) is -0.237. The zero-order chi connectivity index (χ0) is 15.2. The molecule has 1 aliphatic rings. The van der Waals surface area contributed by atoms with Crippen LogP contribution in [-0.4, -0.2) is 43.7 Å². The van der Waals surface area contributed by atoms with Crippen LogP contribution in [0.5, 0.6) is 0 Å². The molecule has 0 aromatic heterocycles. The van der Waals surface area contributed by atoms with Gasteiger partial charge in [-0.25, -0.2) is 4.79 Å². The molecule has 0 amide bonds. The molecule has 21 heavy (non-hydrogen) atoms. The van der Waals surface area contributed by atoms with Gasteiger partial charge in [0.05, 0.1) is 6.61 Å². The highest BCUT2D eigenvalue weighted by atomic mass is 79.9. The van der Waals surface area contributed by atoms with Crippen LogP contribution in [0.15, 0.2) is 22.7 Å². The minimum Gasteiger partial charge on any atom is -0.465 e. The quantitative estimate of drug-likeness (QED) is 0.822. The fourth-order valence-corrected chi connectivity index (χ4v) is 3.14. The Morgan fingerprint density at radius 3 is 3.05 bits per heavy atom. The summed E-state index contributed by atoms with van der Waals surface area (Å²) >= 11 is 9.77. The smallest absolute Gasteiger partial charge is 0.328 e. The van der Waals surface area contributed by atoms with Gasteiger partial charge in [-0.2, -0.15) is 0 Å². The Balaban J connectivity index is 2.34. The van der Waals surface area contributed by atoms with Crippen molar-refractivity contribution in [3.05, 3.63) is 33.3 Å². The number of esters is 1. The van der Waals surface area contributed by atoms with E-state index in [0.29, 0.717) is 11.6 Å². The molecule has 0 aliphatic carbocycles. The molecular weight excluding hydrogens is 356 g/mol. The van der Waals surface area contributed by atoms with E-state index in [1.807, 2.05) is 25.1 Å². The maximum absolute atomic E-state index is 12.5. The van der Waals surface area contributed by atoms with Crippen molar-refractivity contribution in [1.82, 2.24) is 10.2 Å². The monoisotopic (exact) mass is 374 g/mol. The van der Waals surface area contributed by atoms with Crippen molar-refractivity contribution in [2.24, 2.45) is 0 Å².